The minimum Gasteiger partial charge on any atom is -0.480 e. The average Bonchev–Trinajstić information content (AvgIpc) is 2.62. The first-order valence-corrected chi connectivity index (χ1v) is 4.81. The van der Waals surface area contributed by atoms with Crippen molar-refractivity contribution in [1.29, 1.82) is 0 Å². The molecule has 0 aliphatic heterocycles. The first-order chi connectivity index (χ1) is 7.90. The third-order valence-electron chi connectivity index (χ3n) is 3.44. The van der Waals surface area contributed by atoms with Crippen molar-refractivity contribution in [2.45, 2.75) is 20.0 Å². The van der Waals surface area contributed by atoms with Gasteiger partial charge in [-0.15, -0.1) is 0 Å². The molecule has 0 aromatic heterocycles. The molecule has 18 heavy (non-hydrogen) atoms. The number of rotatable bonds is 3. The largest absolute Gasteiger partial charge is 0.480 e. The molecular weight excluding hydrogens is 260 g/mol. The molecule has 1 fully saturated rings. The zero-order valence-electron chi connectivity index (χ0n) is 9.38. The van der Waals surface area contributed by atoms with Crippen LogP contribution in [-0.4, -0.2) is 28.3 Å². The lowest BCUT2D eigenvalue weighted by Crippen LogP contribution is -2.30. The van der Waals surface area contributed by atoms with E-state index < -0.39 is 40.7 Å². The third-order valence-corrected chi connectivity index (χ3v) is 3.44. The highest BCUT2D eigenvalue weighted by Gasteiger charge is 2.80. The smallest absolute Gasteiger partial charge is 0.442 e. The van der Waals surface area contributed by atoms with Gasteiger partial charge in [-0.3, -0.25) is 9.59 Å². The number of carboxylic acid groups (broad SMARTS) is 2. The molecule has 0 saturated heterocycles. The van der Waals surface area contributed by atoms with Gasteiger partial charge in [0.2, 0.25) is 0 Å². The molecule has 0 aromatic rings. The SMILES string of the molecule is CC1(C)C(/C=C(\F)C(F)(F)F)C1(C(=O)O)C(=O)O. The topological polar surface area (TPSA) is 74.6 Å². The zero-order chi connectivity index (χ0) is 14.5. The number of hydrogen-bond acceptors (Lipinski definition) is 2. The molecule has 102 valence electrons. The van der Waals surface area contributed by atoms with Gasteiger partial charge < -0.3 is 10.2 Å². The van der Waals surface area contributed by atoms with E-state index in [-0.39, 0.29) is 6.08 Å². The van der Waals surface area contributed by atoms with Gasteiger partial charge in [-0.25, -0.2) is 4.39 Å². The molecule has 1 unspecified atom stereocenters. The van der Waals surface area contributed by atoms with Crippen LogP contribution in [-0.2, 0) is 9.59 Å². The van der Waals surface area contributed by atoms with Crippen molar-refractivity contribution < 1.29 is 37.4 Å². The van der Waals surface area contributed by atoms with Gasteiger partial charge in [0, 0.05) is 11.3 Å². The van der Waals surface area contributed by atoms with Crippen LogP contribution in [0.15, 0.2) is 11.9 Å². The Morgan fingerprint density at radius 3 is 1.78 bits per heavy atom. The molecule has 4 nitrogen and oxygen atoms in total. The van der Waals surface area contributed by atoms with Crippen LogP contribution >= 0.6 is 0 Å². The van der Waals surface area contributed by atoms with E-state index in [1.54, 1.807) is 0 Å². The maximum absolute atomic E-state index is 12.8. The molecule has 1 aliphatic carbocycles. The molecule has 2 N–H and O–H groups in total. The van der Waals surface area contributed by atoms with Crippen LogP contribution in [0, 0.1) is 16.7 Å². The number of carboxylic acids is 2. The summed E-state index contributed by atoms with van der Waals surface area (Å²) in [6.07, 6.45) is -5.22. The van der Waals surface area contributed by atoms with E-state index >= 15 is 0 Å². The molecule has 8 heteroatoms. The van der Waals surface area contributed by atoms with E-state index in [0.717, 1.165) is 0 Å². The van der Waals surface area contributed by atoms with Crippen LogP contribution in [0.5, 0.6) is 0 Å². The Hall–Kier alpha value is -1.60. The lowest BCUT2D eigenvalue weighted by atomic mass is 9.96. The number of halogens is 4. The van der Waals surface area contributed by atoms with Crippen LogP contribution in [0.3, 0.4) is 0 Å². The number of carbonyl (C=O) groups is 2. The molecule has 1 saturated carbocycles. The Morgan fingerprint density at radius 1 is 1.17 bits per heavy atom. The van der Waals surface area contributed by atoms with Crippen molar-refractivity contribution in [3.8, 4) is 0 Å². The predicted molar refractivity (Wildman–Crippen MR) is 50.2 cm³/mol. The summed E-state index contributed by atoms with van der Waals surface area (Å²) in [5, 5.41) is 17.8. The van der Waals surface area contributed by atoms with E-state index in [1.807, 2.05) is 0 Å². The normalized spacial score (nSPS) is 25.7. The predicted octanol–water partition coefficient (Wildman–Crippen LogP) is 2.21. The van der Waals surface area contributed by atoms with E-state index in [1.165, 1.54) is 13.8 Å². The van der Waals surface area contributed by atoms with Crippen molar-refractivity contribution in [2.75, 3.05) is 0 Å². The minimum absolute atomic E-state index is 0.0300. The van der Waals surface area contributed by atoms with Crippen LogP contribution in [0.2, 0.25) is 0 Å². The molecule has 0 aromatic carbocycles. The molecular formula is C10H10F4O4. The highest BCUT2D eigenvalue weighted by molar-refractivity contribution is 6.04. The van der Waals surface area contributed by atoms with Crippen molar-refractivity contribution >= 4 is 11.9 Å². The van der Waals surface area contributed by atoms with E-state index in [4.69, 9.17) is 10.2 Å². The van der Waals surface area contributed by atoms with Gasteiger partial charge in [0.1, 0.15) is 0 Å². The van der Waals surface area contributed by atoms with Crippen molar-refractivity contribution in [3.05, 3.63) is 11.9 Å². The highest BCUT2D eigenvalue weighted by atomic mass is 19.4. The summed E-state index contributed by atoms with van der Waals surface area (Å²) < 4.78 is 48.8. The van der Waals surface area contributed by atoms with Crippen LogP contribution < -0.4 is 0 Å². The molecule has 0 radical (unpaired) electrons. The van der Waals surface area contributed by atoms with Crippen molar-refractivity contribution in [2.24, 2.45) is 16.7 Å². The Morgan fingerprint density at radius 2 is 1.56 bits per heavy atom. The quantitative estimate of drug-likeness (QED) is 0.609. The number of hydrogen-bond donors (Lipinski definition) is 2. The summed E-state index contributed by atoms with van der Waals surface area (Å²) in [6.45, 7) is 2.33. The third kappa shape index (κ3) is 1.67. The van der Waals surface area contributed by atoms with Crippen LogP contribution in [0.25, 0.3) is 0 Å². The van der Waals surface area contributed by atoms with E-state index in [2.05, 4.69) is 0 Å². The zero-order valence-corrected chi connectivity index (χ0v) is 9.38. The molecule has 0 bridgehead atoms. The second kappa shape index (κ2) is 3.69. The standard InChI is InChI=1S/C10H10F4O4/c1-8(2)4(3-5(11)10(12,13)14)9(8,6(15)16)7(17)18/h3-4H,1-2H3,(H,15,16)(H,17,18)/b5-3-. The second-order valence-corrected chi connectivity index (χ2v) is 4.63. The number of aliphatic carboxylic acids is 2. The maximum atomic E-state index is 12.8. The summed E-state index contributed by atoms with van der Waals surface area (Å²) in [5.74, 6) is -7.60. The monoisotopic (exact) mass is 270 g/mol. The van der Waals surface area contributed by atoms with Gasteiger partial charge in [-0.2, -0.15) is 13.2 Å². The minimum atomic E-state index is -5.25. The molecule has 1 atom stereocenters. The highest BCUT2D eigenvalue weighted by Crippen LogP contribution is 2.70. The van der Waals surface area contributed by atoms with E-state index in [9.17, 15) is 27.2 Å². The summed E-state index contributed by atoms with van der Waals surface area (Å²) in [5.41, 5.74) is -3.91. The Bertz CT molecular complexity index is 422. The van der Waals surface area contributed by atoms with E-state index in [0.29, 0.717) is 0 Å². The maximum Gasteiger partial charge on any atom is 0.442 e. The summed E-state index contributed by atoms with van der Waals surface area (Å²) in [4.78, 5) is 21.9. The fraction of sp³-hybridized carbons (Fsp3) is 0.600. The summed E-state index contributed by atoms with van der Waals surface area (Å²) in [7, 11) is 0. The van der Waals surface area contributed by atoms with Crippen LogP contribution in [0.4, 0.5) is 17.6 Å². The number of alkyl halides is 3. The second-order valence-electron chi connectivity index (χ2n) is 4.63. The average molecular weight is 270 g/mol. The lowest BCUT2D eigenvalue weighted by molar-refractivity contribution is -0.159. The Kier molecular flexibility index (Phi) is 2.97. The Balaban J connectivity index is 3.22. The lowest BCUT2D eigenvalue weighted by Gasteiger charge is -2.08. The van der Waals surface area contributed by atoms with Gasteiger partial charge >= 0.3 is 18.1 Å². The van der Waals surface area contributed by atoms with Crippen LogP contribution in [0.1, 0.15) is 13.8 Å². The van der Waals surface area contributed by atoms with Gasteiger partial charge in [-0.1, -0.05) is 13.8 Å². The molecule has 0 heterocycles. The van der Waals surface area contributed by atoms with Gasteiger partial charge in [0.05, 0.1) is 0 Å². The molecule has 1 aliphatic rings. The molecule has 1 rings (SSSR count). The van der Waals surface area contributed by atoms with Crippen molar-refractivity contribution in [3.63, 3.8) is 0 Å². The summed E-state index contributed by atoms with van der Waals surface area (Å²) in [6, 6.07) is 0. The van der Waals surface area contributed by atoms with Gasteiger partial charge in [0.25, 0.3) is 0 Å². The number of allylic oxidation sites excluding steroid dienone is 2. The van der Waals surface area contributed by atoms with Crippen molar-refractivity contribution in [1.82, 2.24) is 0 Å². The fourth-order valence-corrected chi connectivity index (χ4v) is 2.29. The van der Waals surface area contributed by atoms with Gasteiger partial charge in [0.15, 0.2) is 11.2 Å². The van der Waals surface area contributed by atoms with Gasteiger partial charge in [-0.05, 0) is 6.08 Å². The Labute approximate surface area is 98.9 Å². The first kappa shape index (κ1) is 14.5. The first-order valence-electron chi connectivity index (χ1n) is 4.81. The molecule has 0 spiro atoms. The fourth-order valence-electron chi connectivity index (χ4n) is 2.29. The summed E-state index contributed by atoms with van der Waals surface area (Å²) >= 11 is 0. The molecule has 0 amide bonds.